The summed E-state index contributed by atoms with van der Waals surface area (Å²) >= 11 is 1.72. The van der Waals surface area contributed by atoms with E-state index in [2.05, 4.69) is 29.4 Å². The summed E-state index contributed by atoms with van der Waals surface area (Å²) in [6.07, 6.45) is 13.5. The Morgan fingerprint density at radius 2 is 2.11 bits per heavy atom. The van der Waals surface area contributed by atoms with Gasteiger partial charge < -0.3 is 9.47 Å². The normalized spacial score (nSPS) is 20.6. The Balaban J connectivity index is 1.37. The summed E-state index contributed by atoms with van der Waals surface area (Å²) in [5.41, 5.74) is 1.10. The molecule has 0 saturated heterocycles. The third kappa shape index (κ3) is 6.46. The molecule has 1 saturated carbocycles. The number of unbranched alkanes of at least 4 members (excludes halogenated alkanes) is 1. The molecule has 1 aromatic heterocycles. The van der Waals surface area contributed by atoms with Crippen molar-refractivity contribution in [3.8, 4) is 5.75 Å². The maximum absolute atomic E-state index is 5.77. The number of nitrogens with zero attached hydrogens (tertiary/aromatic N) is 1. The van der Waals surface area contributed by atoms with E-state index < -0.39 is 0 Å². The van der Waals surface area contributed by atoms with Gasteiger partial charge in [0.2, 0.25) is 0 Å². The minimum Gasteiger partial charge on any atom is -0.494 e. The average molecular weight is 400 g/mol. The SMILES string of the molecule is COC(CC[C@H]1CCCC1/C=C/CCCOc1ccccc1)c1nc(C)cs1. The number of hydrogen-bond acceptors (Lipinski definition) is 4. The van der Waals surface area contributed by atoms with Crippen LogP contribution in [0.5, 0.6) is 5.75 Å². The van der Waals surface area contributed by atoms with Crippen molar-refractivity contribution in [1.82, 2.24) is 4.98 Å². The number of para-hydroxylation sites is 1. The topological polar surface area (TPSA) is 31.4 Å². The molecule has 0 N–H and O–H groups in total. The second kappa shape index (κ2) is 11.4. The fourth-order valence-corrected chi connectivity index (χ4v) is 4.99. The maximum atomic E-state index is 5.77. The summed E-state index contributed by atoms with van der Waals surface area (Å²) in [5.74, 6) is 2.48. The first-order chi connectivity index (χ1) is 13.8. The molecule has 2 unspecified atom stereocenters. The Bertz CT molecular complexity index is 712. The van der Waals surface area contributed by atoms with Gasteiger partial charge >= 0.3 is 0 Å². The third-order valence-electron chi connectivity index (χ3n) is 5.62. The zero-order valence-electron chi connectivity index (χ0n) is 17.2. The number of benzene rings is 1. The number of methoxy groups -OCH3 is 1. The molecule has 1 aliphatic rings. The van der Waals surface area contributed by atoms with Crippen LogP contribution in [0.2, 0.25) is 0 Å². The van der Waals surface area contributed by atoms with Crippen molar-refractivity contribution in [2.24, 2.45) is 11.8 Å². The van der Waals surface area contributed by atoms with E-state index >= 15 is 0 Å². The molecule has 1 aromatic carbocycles. The second-order valence-corrected chi connectivity index (χ2v) is 8.61. The van der Waals surface area contributed by atoms with Crippen LogP contribution < -0.4 is 4.74 Å². The Morgan fingerprint density at radius 1 is 1.25 bits per heavy atom. The van der Waals surface area contributed by atoms with Crippen molar-refractivity contribution in [2.75, 3.05) is 13.7 Å². The molecule has 0 spiro atoms. The molecule has 0 aliphatic heterocycles. The molecular formula is C24H33NO2S. The molecule has 1 heterocycles. The van der Waals surface area contributed by atoms with Crippen molar-refractivity contribution >= 4 is 11.3 Å². The maximum Gasteiger partial charge on any atom is 0.122 e. The summed E-state index contributed by atoms with van der Waals surface area (Å²) in [5, 5.41) is 3.24. The molecule has 0 radical (unpaired) electrons. The lowest BCUT2D eigenvalue weighted by molar-refractivity contribution is 0.0877. The van der Waals surface area contributed by atoms with Crippen LogP contribution in [0.25, 0.3) is 0 Å². The van der Waals surface area contributed by atoms with E-state index in [1.165, 1.54) is 25.7 Å². The lowest BCUT2D eigenvalue weighted by Crippen LogP contribution is -2.09. The van der Waals surface area contributed by atoms with Crippen molar-refractivity contribution in [3.63, 3.8) is 0 Å². The number of aryl methyl sites for hydroxylation is 1. The van der Waals surface area contributed by atoms with Gasteiger partial charge in [0.15, 0.2) is 0 Å². The van der Waals surface area contributed by atoms with Crippen LogP contribution in [0, 0.1) is 18.8 Å². The highest BCUT2D eigenvalue weighted by molar-refractivity contribution is 7.09. The Morgan fingerprint density at radius 3 is 2.86 bits per heavy atom. The molecule has 4 heteroatoms. The molecule has 1 aliphatic carbocycles. The van der Waals surface area contributed by atoms with Crippen LogP contribution in [-0.2, 0) is 4.74 Å². The molecule has 3 rings (SSSR count). The van der Waals surface area contributed by atoms with Crippen LogP contribution in [0.1, 0.15) is 61.8 Å². The summed E-state index contributed by atoms with van der Waals surface area (Å²) in [6.45, 7) is 2.83. The smallest absolute Gasteiger partial charge is 0.122 e. The molecule has 3 nitrogen and oxygen atoms in total. The lowest BCUT2D eigenvalue weighted by Gasteiger charge is -2.19. The van der Waals surface area contributed by atoms with Gasteiger partial charge in [-0.25, -0.2) is 4.98 Å². The summed E-state index contributed by atoms with van der Waals surface area (Å²) in [6, 6.07) is 10.1. The van der Waals surface area contributed by atoms with Crippen LogP contribution in [0.15, 0.2) is 47.9 Å². The summed E-state index contributed by atoms with van der Waals surface area (Å²) in [7, 11) is 1.81. The molecule has 1 fully saturated rings. The number of allylic oxidation sites excluding steroid dienone is 2. The van der Waals surface area contributed by atoms with E-state index in [1.54, 1.807) is 11.3 Å². The van der Waals surface area contributed by atoms with Gasteiger partial charge in [-0.05, 0) is 69.4 Å². The van der Waals surface area contributed by atoms with E-state index in [-0.39, 0.29) is 6.10 Å². The van der Waals surface area contributed by atoms with Gasteiger partial charge in [-0.1, -0.05) is 36.8 Å². The molecule has 0 bridgehead atoms. The predicted molar refractivity (Wildman–Crippen MR) is 117 cm³/mol. The fourth-order valence-electron chi connectivity index (χ4n) is 4.08. The predicted octanol–water partition coefficient (Wildman–Crippen LogP) is 6.75. The highest BCUT2D eigenvalue weighted by Crippen LogP contribution is 2.38. The van der Waals surface area contributed by atoms with Crippen LogP contribution in [0.4, 0.5) is 0 Å². The summed E-state index contributed by atoms with van der Waals surface area (Å²) in [4.78, 5) is 4.61. The molecule has 2 aromatic rings. The Labute approximate surface area is 173 Å². The number of aromatic nitrogens is 1. The average Bonchev–Trinajstić information content (AvgIpc) is 3.35. The molecule has 152 valence electrons. The Kier molecular flexibility index (Phi) is 8.56. The summed E-state index contributed by atoms with van der Waals surface area (Å²) < 4.78 is 11.5. The minimum atomic E-state index is 0.152. The van der Waals surface area contributed by atoms with Crippen LogP contribution in [0.3, 0.4) is 0 Å². The second-order valence-electron chi connectivity index (χ2n) is 7.72. The van der Waals surface area contributed by atoms with Crippen molar-refractivity contribution in [3.05, 3.63) is 58.6 Å². The van der Waals surface area contributed by atoms with Gasteiger partial charge in [-0.3, -0.25) is 0 Å². The van der Waals surface area contributed by atoms with Crippen LogP contribution >= 0.6 is 11.3 Å². The van der Waals surface area contributed by atoms with E-state index in [9.17, 15) is 0 Å². The number of rotatable bonds is 11. The van der Waals surface area contributed by atoms with Gasteiger partial charge in [-0.15, -0.1) is 11.3 Å². The van der Waals surface area contributed by atoms with Crippen LogP contribution in [-0.4, -0.2) is 18.7 Å². The zero-order valence-corrected chi connectivity index (χ0v) is 18.0. The molecule has 0 amide bonds. The standard InChI is InChI=1S/C24H33NO2S/c1-19-18-28-24(25-19)23(26-2)16-15-21-12-9-11-20(21)10-5-4-8-17-27-22-13-6-3-7-14-22/h3,5-7,10,13-14,18,20-21,23H,4,8-9,11-12,15-17H2,1-2H3/b10-5+/t20?,21-,23?/m1/s1. The van der Waals surface area contributed by atoms with Gasteiger partial charge in [0, 0.05) is 18.2 Å². The number of ether oxygens (including phenoxy) is 2. The molecule has 28 heavy (non-hydrogen) atoms. The largest absolute Gasteiger partial charge is 0.494 e. The van der Waals surface area contributed by atoms with Gasteiger partial charge in [0.25, 0.3) is 0 Å². The van der Waals surface area contributed by atoms with E-state index in [0.29, 0.717) is 0 Å². The monoisotopic (exact) mass is 399 g/mol. The number of hydrogen-bond donors (Lipinski definition) is 0. The fraction of sp³-hybridized carbons (Fsp3) is 0.542. The third-order valence-corrected chi connectivity index (χ3v) is 6.68. The first-order valence-corrected chi connectivity index (χ1v) is 11.4. The van der Waals surface area contributed by atoms with Gasteiger partial charge in [0.05, 0.1) is 6.61 Å². The van der Waals surface area contributed by atoms with Crippen molar-refractivity contribution in [1.29, 1.82) is 0 Å². The van der Waals surface area contributed by atoms with Crippen molar-refractivity contribution in [2.45, 2.75) is 58.0 Å². The Hall–Kier alpha value is -1.65. The zero-order chi connectivity index (χ0) is 19.6. The highest BCUT2D eigenvalue weighted by atomic mass is 32.1. The van der Waals surface area contributed by atoms with Gasteiger partial charge in [0.1, 0.15) is 16.9 Å². The molecule has 3 atom stereocenters. The van der Waals surface area contributed by atoms with Gasteiger partial charge in [-0.2, -0.15) is 0 Å². The van der Waals surface area contributed by atoms with E-state index in [1.807, 2.05) is 37.4 Å². The van der Waals surface area contributed by atoms with E-state index in [4.69, 9.17) is 9.47 Å². The highest BCUT2D eigenvalue weighted by Gasteiger charge is 2.26. The number of thiazole rings is 1. The molecular weight excluding hydrogens is 366 g/mol. The van der Waals surface area contributed by atoms with E-state index in [0.717, 1.165) is 54.2 Å². The first kappa shape index (κ1) is 21.1. The first-order valence-electron chi connectivity index (χ1n) is 10.6. The quantitative estimate of drug-likeness (QED) is 0.309. The minimum absolute atomic E-state index is 0.152. The lowest BCUT2D eigenvalue weighted by atomic mass is 9.90. The van der Waals surface area contributed by atoms with Crippen molar-refractivity contribution < 1.29 is 9.47 Å².